The first-order valence-corrected chi connectivity index (χ1v) is 7.15. The van der Waals surface area contributed by atoms with Crippen LogP contribution in [0.25, 0.3) is 10.6 Å². The van der Waals surface area contributed by atoms with Crippen LogP contribution in [0.15, 0.2) is 29.6 Å². The Morgan fingerprint density at radius 3 is 2.55 bits per heavy atom. The molecule has 0 radical (unpaired) electrons. The van der Waals surface area contributed by atoms with Gasteiger partial charge in [-0.1, -0.05) is 13.8 Å². The molecule has 1 aromatic carbocycles. The highest BCUT2D eigenvalue weighted by Crippen LogP contribution is 2.26. The smallest absolute Gasteiger partial charge is 0.387 e. The average molecular weight is 298 g/mol. The van der Waals surface area contributed by atoms with Gasteiger partial charge in [-0.25, -0.2) is 4.98 Å². The molecular weight excluding hydrogens is 282 g/mol. The van der Waals surface area contributed by atoms with E-state index in [2.05, 4.69) is 28.9 Å². The molecule has 0 unspecified atom stereocenters. The van der Waals surface area contributed by atoms with Crippen LogP contribution in [-0.4, -0.2) is 17.6 Å². The van der Waals surface area contributed by atoms with Crippen molar-refractivity contribution in [1.82, 2.24) is 10.3 Å². The molecule has 0 atom stereocenters. The van der Waals surface area contributed by atoms with Crippen molar-refractivity contribution in [3.63, 3.8) is 0 Å². The number of thiazole rings is 1. The minimum Gasteiger partial charge on any atom is -0.435 e. The van der Waals surface area contributed by atoms with Crippen LogP contribution in [0.3, 0.4) is 0 Å². The van der Waals surface area contributed by atoms with E-state index < -0.39 is 6.61 Å². The third-order valence-electron chi connectivity index (χ3n) is 2.57. The maximum absolute atomic E-state index is 12.1. The Morgan fingerprint density at radius 1 is 1.25 bits per heavy atom. The summed E-state index contributed by atoms with van der Waals surface area (Å²) in [6.07, 6.45) is 0. The summed E-state index contributed by atoms with van der Waals surface area (Å²) in [6.45, 7) is 2.08. The monoisotopic (exact) mass is 298 g/mol. The number of halogens is 2. The Hall–Kier alpha value is -1.53. The average Bonchev–Trinajstić information content (AvgIpc) is 2.85. The lowest BCUT2D eigenvalue weighted by atomic mass is 10.2. The highest BCUT2D eigenvalue weighted by atomic mass is 32.1. The van der Waals surface area contributed by atoms with Crippen molar-refractivity contribution in [2.45, 2.75) is 33.0 Å². The van der Waals surface area contributed by atoms with Crippen LogP contribution in [0.5, 0.6) is 5.75 Å². The van der Waals surface area contributed by atoms with Gasteiger partial charge in [-0.3, -0.25) is 0 Å². The summed E-state index contributed by atoms with van der Waals surface area (Å²) in [5.41, 5.74) is 1.87. The third-order valence-corrected chi connectivity index (χ3v) is 3.51. The number of nitrogens with zero attached hydrogens (tertiary/aromatic N) is 1. The normalized spacial score (nSPS) is 11.3. The van der Waals surface area contributed by atoms with E-state index in [4.69, 9.17) is 0 Å². The summed E-state index contributed by atoms with van der Waals surface area (Å²) in [6, 6.07) is 6.92. The maximum atomic E-state index is 12.1. The number of hydrogen-bond donors (Lipinski definition) is 1. The molecule has 0 saturated carbocycles. The van der Waals surface area contributed by atoms with E-state index in [0.29, 0.717) is 6.04 Å². The van der Waals surface area contributed by atoms with Crippen molar-refractivity contribution >= 4 is 11.3 Å². The number of ether oxygens (including phenoxy) is 1. The van der Waals surface area contributed by atoms with Crippen LogP contribution < -0.4 is 10.1 Å². The molecule has 1 aromatic heterocycles. The lowest BCUT2D eigenvalue weighted by molar-refractivity contribution is -0.0498. The first-order valence-electron chi connectivity index (χ1n) is 6.27. The molecule has 1 heterocycles. The number of benzene rings is 1. The van der Waals surface area contributed by atoms with Gasteiger partial charge in [0.25, 0.3) is 0 Å². The third kappa shape index (κ3) is 4.25. The first kappa shape index (κ1) is 14.9. The van der Waals surface area contributed by atoms with Crippen molar-refractivity contribution in [2.75, 3.05) is 0 Å². The highest BCUT2D eigenvalue weighted by molar-refractivity contribution is 7.13. The summed E-state index contributed by atoms with van der Waals surface area (Å²) in [5, 5.41) is 6.16. The van der Waals surface area contributed by atoms with Gasteiger partial charge in [0.1, 0.15) is 10.8 Å². The molecule has 1 N–H and O–H groups in total. The van der Waals surface area contributed by atoms with Gasteiger partial charge in [-0.2, -0.15) is 8.78 Å². The summed E-state index contributed by atoms with van der Waals surface area (Å²) in [5.74, 6) is 0.155. The fraction of sp³-hybridized carbons (Fsp3) is 0.357. The number of rotatable bonds is 6. The molecule has 0 spiro atoms. The van der Waals surface area contributed by atoms with Gasteiger partial charge in [0.15, 0.2) is 0 Å². The van der Waals surface area contributed by atoms with Gasteiger partial charge in [0.2, 0.25) is 0 Å². The molecular formula is C14H16F2N2OS. The molecule has 2 aromatic rings. The number of nitrogens with one attached hydrogen (secondary N) is 1. The molecule has 2 rings (SSSR count). The van der Waals surface area contributed by atoms with Crippen molar-refractivity contribution in [2.24, 2.45) is 0 Å². The zero-order valence-electron chi connectivity index (χ0n) is 11.3. The summed E-state index contributed by atoms with van der Waals surface area (Å²) >= 11 is 1.53. The van der Waals surface area contributed by atoms with Gasteiger partial charge in [0.05, 0.1) is 5.69 Å². The topological polar surface area (TPSA) is 34.1 Å². The van der Waals surface area contributed by atoms with Gasteiger partial charge in [0, 0.05) is 23.5 Å². The van der Waals surface area contributed by atoms with Crippen LogP contribution in [0.4, 0.5) is 8.78 Å². The molecule has 108 valence electrons. The van der Waals surface area contributed by atoms with Crippen LogP contribution >= 0.6 is 11.3 Å². The molecule has 0 aliphatic heterocycles. The predicted molar refractivity (Wildman–Crippen MR) is 76.2 cm³/mol. The second kappa shape index (κ2) is 6.76. The van der Waals surface area contributed by atoms with E-state index in [-0.39, 0.29) is 5.75 Å². The minimum atomic E-state index is -2.80. The Morgan fingerprint density at radius 2 is 1.95 bits per heavy atom. The van der Waals surface area contributed by atoms with Crippen molar-refractivity contribution in [3.8, 4) is 16.3 Å². The fourth-order valence-electron chi connectivity index (χ4n) is 1.61. The van der Waals surface area contributed by atoms with E-state index >= 15 is 0 Å². The fourth-order valence-corrected chi connectivity index (χ4v) is 2.43. The maximum Gasteiger partial charge on any atom is 0.387 e. The van der Waals surface area contributed by atoms with Gasteiger partial charge in [-0.05, 0) is 24.3 Å². The van der Waals surface area contributed by atoms with Crippen LogP contribution in [0.1, 0.15) is 19.5 Å². The van der Waals surface area contributed by atoms with Crippen LogP contribution in [0.2, 0.25) is 0 Å². The van der Waals surface area contributed by atoms with Gasteiger partial charge in [-0.15, -0.1) is 11.3 Å². The van der Waals surface area contributed by atoms with E-state index in [1.54, 1.807) is 12.1 Å². The molecule has 6 heteroatoms. The second-order valence-electron chi connectivity index (χ2n) is 4.58. The molecule has 20 heavy (non-hydrogen) atoms. The Labute approximate surface area is 120 Å². The van der Waals surface area contributed by atoms with Crippen LogP contribution in [-0.2, 0) is 6.54 Å². The summed E-state index contributed by atoms with van der Waals surface area (Å²) < 4.78 is 28.4. The molecule has 0 saturated heterocycles. The largest absolute Gasteiger partial charge is 0.435 e. The minimum absolute atomic E-state index is 0.155. The quantitative estimate of drug-likeness (QED) is 0.878. The standard InChI is InChI=1S/C14H16F2N2OS/c1-9(2)17-7-11-8-20-13(18-11)10-3-5-12(6-4-10)19-14(15)16/h3-6,8-9,14,17H,7H2,1-2H3. The highest BCUT2D eigenvalue weighted by Gasteiger charge is 2.07. The molecule has 0 bridgehead atoms. The predicted octanol–water partition coefficient (Wildman–Crippen LogP) is 3.91. The molecule has 0 aliphatic carbocycles. The number of hydrogen-bond acceptors (Lipinski definition) is 4. The summed E-state index contributed by atoms with van der Waals surface area (Å²) in [4.78, 5) is 4.51. The van der Waals surface area contributed by atoms with Crippen molar-refractivity contribution < 1.29 is 13.5 Å². The zero-order chi connectivity index (χ0) is 14.5. The Balaban J connectivity index is 2.04. The second-order valence-corrected chi connectivity index (χ2v) is 5.44. The first-order chi connectivity index (χ1) is 9.54. The SMILES string of the molecule is CC(C)NCc1csc(-c2ccc(OC(F)F)cc2)n1. The lowest BCUT2D eigenvalue weighted by Crippen LogP contribution is -2.21. The zero-order valence-corrected chi connectivity index (χ0v) is 12.1. The van der Waals surface area contributed by atoms with Gasteiger partial charge >= 0.3 is 6.61 Å². The molecule has 0 amide bonds. The van der Waals surface area contributed by atoms with Crippen LogP contribution in [0, 0.1) is 0 Å². The molecule has 3 nitrogen and oxygen atoms in total. The van der Waals surface area contributed by atoms with E-state index in [1.165, 1.54) is 23.5 Å². The van der Waals surface area contributed by atoms with Crippen molar-refractivity contribution in [1.29, 1.82) is 0 Å². The van der Waals surface area contributed by atoms with E-state index in [0.717, 1.165) is 22.8 Å². The summed E-state index contributed by atoms with van der Waals surface area (Å²) in [7, 11) is 0. The molecule has 0 aliphatic rings. The van der Waals surface area contributed by atoms with E-state index in [9.17, 15) is 8.78 Å². The lowest BCUT2D eigenvalue weighted by Gasteiger charge is -2.05. The Bertz CT molecular complexity index is 540. The Kier molecular flexibility index (Phi) is 5.03. The van der Waals surface area contributed by atoms with Gasteiger partial charge < -0.3 is 10.1 Å². The number of aromatic nitrogens is 1. The van der Waals surface area contributed by atoms with Crippen molar-refractivity contribution in [3.05, 3.63) is 35.3 Å². The van der Waals surface area contributed by atoms with E-state index in [1.807, 2.05) is 5.38 Å². The molecule has 0 fully saturated rings. The number of alkyl halides is 2.